The van der Waals surface area contributed by atoms with E-state index in [4.69, 9.17) is 4.74 Å². The van der Waals surface area contributed by atoms with E-state index < -0.39 is 0 Å². The van der Waals surface area contributed by atoms with Crippen molar-refractivity contribution in [1.29, 1.82) is 0 Å². The van der Waals surface area contributed by atoms with Crippen LogP contribution in [0.5, 0.6) is 5.75 Å². The highest BCUT2D eigenvalue weighted by Gasteiger charge is 2.14. The molecule has 0 aliphatic carbocycles. The molecule has 0 radical (unpaired) electrons. The molecule has 2 aromatic rings. The van der Waals surface area contributed by atoms with Gasteiger partial charge in [-0.05, 0) is 12.1 Å². The van der Waals surface area contributed by atoms with Crippen molar-refractivity contribution in [2.45, 2.75) is 6.92 Å². The minimum absolute atomic E-state index is 0.212. The van der Waals surface area contributed by atoms with Gasteiger partial charge >= 0.3 is 0 Å². The molecule has 0 spiro atoms. The predicted octanol–water partition coefficient (Wildman–Crippen LogP) is 2.23. The number of fused-ring (bicyclic) bond motifs is 1. The first-order chi connectivity index (χ1) is 8.13. The van der Waals surface area contributed by atoms with Gasteiger partial charge in [-0.15, -0.1) is 0 Å². The van der Waals surface area contributed by atoms with Crippen molar-refractivity contribution in [3.8, 4) is 5.75 Å². The number of hydrogen-bond acceptors (Lipinski definition) is 4. The molecule has 5 heteroatoms. The molecule has 0 bridgehead atoms. The zero-order valence-electron chi connectivity index (χ0n) is 9.44. The number of amides is 1. The van der Waals surface area contributed by atoms with Crippen LogP contribution in [0.1, 0.15) is 6.92 Å². The Kier molecular flexibility index (Phi) is 3.10. The summed E-state index contributed by atoms with van der Waals surface area (Å²) >= 11 is 1.09. The number of carbonyl (C=O) groups excluding carboxylic acids is 1. The van der Waals surface area contributed by atoms with Crippen LogP contribution >= 0.6 is 11.3 Å². The van der Waals surface area contributed by atoms with E-state index in [0.717, 1.165) is 21.4 Å². The Balaban J connectivity index is 2.78. The number of carbonyl (C=O) groups is 1. The molecule has 0 saturated heterocycles. The molecule has 2 rings (SSSR count). The highest BCUT2D eigenvalue weighted by atomic mass is 32.1. The number of nitrogens with one attached hydrogen (secondary N) is 1. The highest BCUT2D eigenvalue weighted by Crippen LogP contribution is 2.32. The van der Waals surface area contributed by atoms with Crippen LogP contribution in [-0.4, -0.2) is 13.0 Å². The van der Waals surface area contributed by atoms with E-state index in [0.29, 0.717) is 5.75 Å². The molecule has 0 saturated carbocycles. The first kappa shape index (κ1) is 11.6. The summed E-state index contributed by atoms with van der Waals surface area (Å²) in [4.78, 5) is 22.9. The maximum Gasteiger partial charge on any atom is 0.260 e. The molecule has 4 nitrogen and oxygen atoms in total. The van der Waals surface area contributed by atoms with E-state index in [1.807, 2.05) is 24.3 Å². The van der Waals surface area contributed by atoms with Crippen molar-refractivity contribution >= 4 is 33.0 Å². The maximum atomic E-state index is 11.9. The quantitative estimate of drug-likeness (QED) is 0.888. The smallest absolute Gasteiger partial charge is 0.260 e. The maximum absolute atomic E-state index is 11.9. The summed E-state index contributed by atoms with van der Waals surface area (Å²) in [6.45, 7) is 1.36. The molecule has 1 N–H and O–H groups in total. The van der Waals surface area contributed by atoms with Crippen LogP contribution in [0.15, 0.2) is 29.1 Å². The van der Waals surface area contributed by atoms with Crippen molar-refractivity contribution < 1.29 is 9.53 Å². The zero-order chi connectivity index (χ0) is 12.4. The lowest BCUT2D eigenvalue weighted by molar-refractivity contribution is -0.114. The van der Waals surface area contributed by atoms with Crippen LogP contribution in [0.4, 0.5) is 5.69 Å². The molecule has 0 atom stereocenters. The molecule has 0 fully saturated rings. The minimum atomic E-state index is -0.289. The third kappa shape index (κ3) is 2.14. The minimum Gasteiger partial charge on any atom is -0.494 e. The zero-order valence-corrected chi connectivity index (χ0v) is 10.3. The van der Waals surface area contributed by atoms with Gasteiger partial charge in [0.25, 0.3) is 4.74 Å². The second kappa shape index (κ2) is 4.55. The van der Waals surface area contributed by atoms with Crippen LogP contribution in [0.2, 0.25) is 0 Å². The van der Waals surface area contributed by atoms with E-state index in [1.165, 1.54) is 14.0 Å². The normalized spacial score (nSPS) is 10.2. The van der Waals surface area contributed by atoms with Gasteiger partial charge in [-0.1, -0.05) is 23.5 Å². The van der Waals surface area contributed by atoms with Crippen LogP contribution in [0.3, 0.4) is 0 Å². The van der Waals surface area contributed by atoms with Crippen LogP contribution in [-0.2, 0) is 4.79 Å². The summed E-state index contributed by atoms with van der Waals surface area (Å²) in [5, 5.41) is 3.34. The molecule has 17 heavy (non-hydrogen) atoms. The van der Waals surface area contributed by atoms with Gasteiger partial charge in [-0.2, -0.15) is 0 Å². The fourth-order valence-electron chi connectivity index (χ4n) is 1.62. The fraction of sp³-hybridized carbons (Fsp3) is 0.167. The van der Waals surface area contributed by atoms with Crippen LogP contribution in [0, 0.1) is 0 Å². The topological polar surface area (TPSA) is 55.4 Å². The molecule has 88 valence electrons. The van der Waals surface area contributed by atoms with Gasteiger partial charge in [0.15, 0.2) is 5.75 Å². The third-order valence-corrected chi connectivity index (χ3v) is 3.24. The average Bonchev–Trinajstić information content (AvgIpc) is 2.29. The molecule has 1 aromatic heterocycles. The van der Waals surface area contributed by atoms with Gasteiger partial charge in [0.05, 0.1) is 7.11 Å². The summed E-state index contributed by atoms with van der Waals surface area (Å²) < 4.78 is 5.86. The summed E-state index contributed by atoms with van der Waals surface area (Å²) in [5.41, 5.74) is 0.212. The Labute approximate surface area is 102 Å². The Morgan fingerprint density at radius 3 is 2.71 bits per heavy atom. The number of benzene rings is 1. The van der Waals surface area contributed by atoms with Gasteiger partial charge in [0.1, 0.15) is 5.69 Å². The molecule has 1 aromatic carbocycles. The Morgan fingerprint density at radius 2 is 2.06 bits per heavy atom. The average molecular weight is 249 g/mol. The van der Waals surface area contributed by atoms with E-state index in [-0.39, 0.29) is 16.3 Å². The first-order valence-electron chi connectivity index (χ1n) is 5.01. The third-order valence-electron chi connectivity index (χ3n) is 2.27. The molecular formula is C12H11NO3S. The predicted molar refractivity (Wildman–Crippen MR) is 69.0 cm³/mol. The number of rotatable bonds is 2. The van der Waals surface area contributed by atoms with Crippen molar-refractivity contribution in [3.63, 3.8) is 0 Å². The number of methoxy groups -OCH3 is 1. The number of ether oxygens (including phenoxy) is 1. The summed E-state index contributed by atoms with van der Waals surface area (Å²) in [6.07, 6.45) is 0. The standard InChI is InChI=1S/C12H11NO3S/c1-7(14)13-10-11(16-2)8-5-3-4-6-9(8)17-12(10)15/h3-6H,1-2H3,(H,13,14). The first-order valence-corrected chi connectivity index (χ1v) is 5.82. The van der Waals surface area contributed by atoms with Gasteiger partial charge < -0.3 is 10.1 Å². The summed E-state index contributed by atoms with van der Waals surface area (Å²) in [5.74, 6) is 0.127. The fourth-order valence-corrected chi connectivity index (χ4v) is 2.48. The number of hydrogen-bond donors (Lipinski definition) is 1. The lowest BCUT2D eigenvalue weighted by atomic mass is 10.2. The lowest BCUT2D eigenvalue weighted by Gasteiger charge is -2.10. The van der Waals surface area contributed by atoms with Crippen molar-refractivity contribution in [1.82, 2.24) is 0 Å². The SMILES string of the molecule is COc1c(NC(C)=O)c(=O)sc2ccccc12. The monoisotopic (exact) mass is 249 g/mol. The van der Waals surface area contributed by atoms with Crippen LogP contribution in [0.25, 0.3) is 10.1 Å². The van der Waals surface area contributed by atoms with E-state index in [1.54, 1.807) is 0 Å². The van der Waals surface area contributed by atoms with Crippen LogP contribution < -0.4 is 14.8 Å². The molecule has 1 heterocycles. The Hall–Kier alpha value is -1.88. The molecular weight excluding hydrogens is 238 g/mol. The van der Waals surface area contributed by atoms with Crippen molar-refractivity contribution in [2.75, 3.05) is 12.4 Å². The second-order valence-electron chi connectivity index (χ2n) is 3.48. The van der Waals surface area contributed by atoms with E-state index in [2.05, 4.69) is 5.32 Å². The van der Waals surface area contributed by atoms with E-state index >= 15 is 0 Å². The second-order valence-corrected chi connectivity index (χ2v) is 4.49. The molecule has 0 unspecified atom stereocenters. The van der Waals surface area contributed by atoms with Crippen molar-refractivity contribution in [2.24, 2.45) is 0 Å². The van der Waals surface area contributed by atoms with Gasteiger partial charge in [0.2, 0.25) is 5.91 Å². The molecule has 1 amide bonds. The highest BCUT2D eigenvalue weighted by molar-refractivity contribution is 7.16. The largest absolute Gasteiger partial charge is 0.494 e. The lowest BCUT2D eigenvalue weighted by Crippen LogP contribution is -2.14. The van der Waals surface area contributed by atoms with Gasteiger partial charge in [0, 0.05) is 17.0 Å². The number of anilines is 1. The van der Waals surface area contributed by atoms with Gasteiger partial charge in [-0.25, -0.2) is 0 Å². The molecule has 0 aliphatic rings. The summed E-state index contributed by atoms with van der Waals surface area (Å²) in [7, 11) is 1.48. The molecule has 0 aliphatic heterocycles. The van der Waals surface area contributed by atoms with Gasteiger partial charge in [-0.3, -0.25) is 9.59 Å². The van der Waals surface area contributed by atoms with Crippen molar-refractivity contribution in [3.05, 3.63) is 33.8 Å². The van der Waals surface area contributed by atoms with E-state index in [9.17, 15) is 9.59 Å². The Morgan fingerprint density at radius 1 is 1.35 bits per heavy atom. The summed E-state index contributed by atoms with van der Waals surface area (Å²) in [6, 6.07) is 7.42. The Bertz CT molecular complexity index is 633.